The number of thioether (sulfide) groups is 1. The summed E-state index contributed by atoms with van der Waals surface area (Å²) in [5, 5.41) is 0. The van der Waals surface area contributed by atoms with E-state index in [4.69, 9.17) is 26.7 Å². The van der Waals surface area contributed by atoms with Crippen LogP contribution in [0.25, 0.3) is 11.7 Å². The maximum Gasteiger partial charge on any atom is 0.267 e. The second kappa shape index (κ2) is 10.5. The Hall–Kier alpha value is -3.41. The number of nitrogens with zero attached hydrogens (tertiary/aromatic N) is 5. The zero-order chi connectivity index (χ0) is 27.2. The number of rotatable bonds is 5. The molecule has 4 aliphatic rings. The van der Waals surface area contributed by atoms with Crippen LogP contribution >= 0.6 is 24.0 Å². The topological polar surface area (TPSA) is 79.6 Å². The first-order valence-corrected chi connectivity index (χ1v) is 14.9. The molecule has 3 fully saturated rings. The molecule has 0 radical (unpaired) electrons. The fourth-order valence-corrected chi connectivity index (χ4v) is 7.34. The van der Waals surface area contributed by atoms with Crippen LogP contribution in [0, 0.1) is 0 Å². The molecule has 0 spiro atoms. The Morgan fingerprint density at radius 3 is 2.65 bits per heavy atom. The molecule has 11 heteroatoms. The Kier molecular flexibility index (Phi) is 6.73. The van der Waals surface area contributed by atoms with Crippen LogP contribution in [0.15, 0.2) is 52.3 Å². The highest BCUT2D eigenvalue weighted by Crippen LogP contribution is 2.38. The van der Waals surface area contributed by atoms with Crippen LogP contribution in [0.5, 0.6) is 11.5 Å². The molecule has 0 atom stereocenters. The van der Waals surface area contributed by atoms with Gasteiger partial charge < -0.3 is 14.4 Å². The van der Waals surface area contributed by atoms with Gasteiger partial charge in [0.15, 0.2) is 11.5 Å². The van der Waals surface area contributed by atoms with E-state index >= 15 is 0 Å². The Morgan fingerprint density at radius 1 is 1.02 bits per heavy atom. The zero-order valence-electron chi connectivity index (χ0n) is 22.0. The molecule has 1 saturated carbocycles. The van der Waals surface area contributed by atoms with E-state index in [-0.39, 0.29) is 24.3 Å². The van der Waals surface area contributed by atoms with Crippen molar-refractivity contribution in [2.24, 2.45) is 0 Å². The minimum absolute atomic E-state index is 0.0982. The van der Waals surface area contributed by atoms with Gasteiger partial charge in [-0.3, -0.25) is 23.8 Å². The monoisotopic (exact) mass is 575 g/mol. The second-order valence-electron chi connectivity index (χ2n) is 10.5. The van der Waals surface area contributed by atoms with Crippen molar-refractivity contribution in [2.75, 3.05) is 37.9 Å². The van der Waals surface area contributed by atoms with Crippen LogP contribution in [-0.2, 0) is 11.3 Å². The average molecular weight is 576 g/mol. The predicted molar refractivity (Wildman–Crippen MR) is 159 cm³/mol. The van der Waals surface area contributed by atoms with Gasteiger partial charge in [0, 0.05) is 45.0 Å². The van der Waals surface area contributed by atoms with Crippen LogP contribution in [0.2, 0.25) is 0 Å². The molecule has 0 unspecified atom stereocenters. The molecule has 1 amide bonds. The van der Waals surface area contributed by atoms with Crippen molar-refractivity contribution < 1.29 is 14.3 Å². The van der Waals surface area contributed by atoms with Crippen LogP contribution in [-0.4, -0.2) is 68.4 Å². The highest BCUT2D eigenvalue weighted by molar-refractivity contribution is 8.26. The number of carbonyl (C=O) groups excluding carboxylic acids is 1. The number of carbonyl (C=O) groups is 1. The van der Waals surface area contributed by atoms with Crippen molar-refractivity contribution in [3.8, 4) is 11.5 Å². The van der Waals surface area contributed by atoms with E-state index in [2.05, 4.69) is 15.9 Å². The molecule has 0 N–H and O–H groups in total. The van der Waals surface area contributed by atoms with E-state index in [1.54, 1.807) is 21.6 Å². The number of ether oxygens (including phenoxy) is 2. The molecular formula is C29H29N5O4S2. The molecule has 9 nitrogen and oxygen atoms in total. The molecule has 3 aliphatic heterocycles. The second-order valence-corrected chi connectivity index (χ2v) is 12.2. The van der Waals surface area contributed by atoms with Gasteiger partial charge in [-0.15, -0.1) is 0 Å². The molecule has 40 heavy (non-hydrogen) atoms. The van der Waals surface area contributed by atoms with Crippen molar-refractivity contribution >= 4 is 51.7 Å². The third-order valence-electron chi connectivity index (χ3n) is 8.05. The van der Waals surface area contributed by atoms with Crippen LogP contribution in [0.1, 0.15) is 36.8 Å². The van der Waals surface area contributed by atoms with Crippen LogP contribution in [0.3, 0.4) is 0 Å². The molecule has 1 aromatic carbocycles. The van der Waals surface area contributed by atoms with Gasteiger partial charge in [-0.25, -0.2) is 4.98 Å². The third-order valence-corrected chi connectivity index (χ3v) is 9.38. The summed E-state index contributed by atoms with van der Waals surface area (Å²) in [7, 11) is 0. The smallest absolute Gasteiger partial charge is 0.267 e. The van der Waals surface area contributed by atoms with Crippen molar-refractivity contribution in [1.82, 2.24) is 19.2 Å². The normalized spacial score (nSPS) is 20.9. The molecule has 206 valence electrons. The van der Waals surface area contributed by atoms with Crippen LogP contribution in [0.4, 0.5) is 5.82 Å². The molecule has 0 bridgehead atoms. The Labute approximate surface area is 241 Å². The molecule has 3 aromatic rings. The van der Waals surface area contributed by atoms with Gasteiger partial charge in [-0.05, 0) is 48.7 Å². The molecule has 5 heterocycles. The first kappa shape index (κ1) is 25.6. The first-order chi connectivity index (χ1) is 19.5. The quantitative estimate of drug-likeness (QED) is 0.333. The van der Waals surface area contributed by atoms with Crippen LogP contribution < -0.4 is 19.9 Å². The molecule has 1 aliphatic carbocycles. The molecular weight excluding hydrogens is 546 g/mol. The summed E-state index contributed by atoms with van der Waals surface area (Å²) in [6.07, 6.45) is 7.61. The van der Waals surface area contributed by atoms with Gasteiger partial charge in [-0.2, -0.15) is 0 Å². The number of anilines is 1. The fraction of sp³-hybridized carbons (Fsp3) is 0.379. The van der Waals surface area contributed by atoms with Gasteiger partial charge in [0.05, 0.1) is 10.5 Å². The largest absolute Gasteiger partial charge is 0.454 e. The Morgan fingerprint density at radius 2 is 1.82 bits per heavy atom. The summed E-state index contributed by atoms with van der Waals surface area (Å²) in [5.41, 5.74) is 2.00. The minimum Gasteiger partial charge on any atom is -0.454 e. The average Bonchev–Trinajstić information content (AvgIpc) is 3.72. The number of thiocarbonyl (C=S) groups is 1. The predicted octanol–water partition coefficient (Wildman–Crippen LogP) is 3.89. The molecule has 2 aromatic heterocycles. The number of hydrogen-bond acceptors (Lipinski definition) is 9. The van der Waals surface area contributed by atoms with Gasteiger partial charge in [0.1, 0.15) is 15.8 Å². The Balaban J connectivity index is 1.16. The number of aromatic nitrogens is 2. The van der Waals surface area contributed by atoms with Gasteiger partial charge in [0.2, 0.25) is 6.79 Å². The van der Waals surface area contributed by atoms with E-state index in [1.807, 2.05) is 30.3 Å². The maximum absolute atomic E-state index is 13.8. The lowest BCUT2D eigenvalue weighted by molar-refractivity contribution is -0.123. The number of pyridine rings is 1. The van der Waals surface area contributed by atoms with Crippen molar-refractivity contribution in [2.45, 2.75) is 38.3 Å². The van der Waals surface area contributed by atoms with Crippen molar-refractivity contribution in [3.63, 3.8) is 0 Å². The van der Waals surface area contributed by atoms with E-state index < -0.39 is 0 Å². The summed E-state index contributed by atoms with van der Waals surface area (Å²) in [6, 6.07) is 11.8. The minimum atomic E-state index is -0.186. The SMILES string of the molecule is O=C1C(=Cc2c(N3CCN(Cc4ccc5c(c4)OCO5)CC3)nc3ccccn3c2=O)SC(=S)N1C1CCCC1. The third kappa shape index (κ3) is 4.65. The van der Waals surface area contributed by atoms with Crippen molar-refractivity contribution in [3.05, 3.63) is 69.0 Å². The number of fused-ring (bicyclic) bond motifs is 2. The van der Waals surface area contributed by atoms with Gasteiger partial charge >= 0.3 is 0 Å². The standard InChI is InChI=1S/C29H29N5O4S2/c35-27-21(16-24-28(36)34(29(39)40-24)20-5-1-2-6-20)26(30-25-7-3-4-10-33(25)27)32-13-11-31(12-14-32)17-19-8-9-22-23(15-19)38-18-37-22/h3-4,7-10,15-16,20H,1-2,5-6,11-14,17-18H2. The summed E-state index contributed by atoms with van der Waals surface area (Å²) >= 11 is 6.90. The summed E-state index contributed by atoms with van der Waals surface area (Å²) in [5.74, 6) is 2.10. The number of benzene rings is 1. The van der Waals surface area contributed by atoms with E-state index in [0.29, 0.717) is 39.3 Å². The summed E-state index contributed by atoms with van der Waals surface area (Å²) in [4.78, 5) is 38.9. The lowest BCUT2D eigenvalue weighted by Gasteiger charge is -2.36. The fourth-order valence-electron chi connectivity index (χ4n) is 5.96. The van der Waals surface area contributed by atoms with E-state index in [0.717, 1.165) is 56.8 Å². The molecule has 2 saturated heterocycles. The number of piperazine rings is 1. The molecule has 7 rings (SSSR count). The lowest BCUT2D eigenvalue weighted by atomic mass is 10.1. The Bertz CT molecular complexity index is 1590. The summed E-state index contributed by atoms with van der Waals surface area (Å²) in [6.45, 7) is 4.12. The van der Waals surface area contributed by atoms with E-state index in [9.17, 15) is 9.59 Å². The van der Waals surface area contributed by atoms with Gasteiger partial charge in [0.25, 0.3) is 11.5 Å². The first-order valence-electron chi connectivity index (χ1n) is 13.7. The van der Waals surface area contributed by atoms with E-state index in [1.165, 1.54) is 17.3 Å². The highest BCUT2D eigenvalue weighted by Gasteiger charge is 2.38. The number of hydrogen-bond donors (Lipinski definition) is 0. The van der Waals surface area contributed by atoms with Gasteiger partial charge in [-0.1, -0.05) is 49.0 Å². The number of amides is 1. The maximum atomic E-state index is 13.8. The lowest BCUT2D eigenvalue weighted by Crippen LogP contribution is -2.47. The zero-order valence-corrected chi connectivity index (χ0v) is 23.6. The summed E-state index contributed by atoms with van der Waals surface area (Å²) < 4.78 is 13.1. The highest BCUT2D eigenvalue weighted by atomic mass is 32.2. The van der Waals surface area contributed by atoms with Crippen molar-refractivity contribution in [1.29, 1.82) is 0 Å².